The van der Waals surface area contributed by atoms with Crippen LogP contribution in [0.2, 0.25) is 0 Å². The van der Waals surface area contributed by atoms with E-state index in [1.807, 2.05) is 0 Å². The molecule has 1 aromatic carbocycles. The van der Waals surface area contributed by atoms with Crippen LogP contribution in [0.1, 0.15) is 18.7 Å². The SMILES string of the molecule is CC(=O)C(c1ccccn1)n1cnc2ccc(Br)c(F)c2c1=O. The van der Waals surface area contributed by atoms with Crippen molar-refractivity contribution in [2.24, 2.45) is 0 Å². The normalized spacial score (nSPS) is 12.3. The number of halogens is 2. The van der Waals surface area contributed by atoms with Crippen LogP contribution in [0.4, 0.5) is 4.39 Å². The van der Waals surface area contributed by atoms with Gasteiger partial charge in [0.15, 0.2) is 11.6 Å². The van der Waals surface area contributed by atoms with E-state index in [1.165, 1.54) is 31.6 Å². The van der Waals surface area contributed by atoms with Crippen LogP contribution < -0.4 is 5.56 Å². The van der Waals surface area contributed by atoms with Crippen molar-refractivity contribution < 1.29 is 9.18 Å². The molecule has 3 aromatic rings. The highest BCUT2D eigenvalue weighted by molar-refractivity contribution is 9.10. The Morgan fingerprint density at radius 2 is 2.04 bits per heavy atom. The smallest absolute Gasteiger partial charge is 0.265 e. The van der Waals surface area contributed by atoms with E-state index < -0.39 is 17.4 Å². The summed E-state index contributed by atoms with van der Waals surface area (Å²) in [5.41, 5.74) is 0.00795. The minimum atomic E-state index is -0.945. The van der Waals surface area contributed by atoms with Crippen LogP contribution in [0, 0.1) is 5.82 Å². The first-order valence-electron chi connectivity index (χ1n) is 6.77. The number of Topliss-reactive ketones (excluding diaryl/α,β-unsaturated/α-hetero) is 1. The van der Waals surface area contributed by atoms with Gasteiger partial charge in [-0.15, -0.1) is 0 Å². The van der Waals surface area contributed by atoms with Gasteiger partial charge in [-0.1, -0.05) is 6.07 Å². The molecule has 0 radical (unpaired) electrons. The van der Waals surface area contributed by atoms with Crippen LogP contribution in [-0.2, 0) is 4.79 Å². The number of aromatic nitrogens is 3. The van der Waals surface area contributed by atoms with Gasteiger partial charge in [0.1, 0.15) is 11.4 Å². The van der Waals surface area contributed by atoms with Crippen LogP contribution in [0.25, 0.3) is 10.9 Å². The highest BCUT2D eigenvalue weighted by Crippen LogP contribution is 2.22. The third-order valence-electron chi connectivity index (χ3n) is 3.47. The summed E-state index contributed by atoms with van der Waals surface area (Å²) in [6.45, 7) is 1.35. The quantitative estimate of drug-likeness (QED) is 0.705. The van der Waals surface area contributed by atoms with Gasteiger partial charge < -0.3 is 0 Å². The summed E-state index contributed by atoms with van der Waals surface area (Å²) in [5.74, 6) is -0.986. The molecule has 2 aromatic heterocycles. The topological polar surface area (TPSA) is 64.8 Å². The third kappa shape index (κ3) is 2.68. The third-order valence-corrected chi connectivity index (χ3v) is 4.09. The summed E-state index contributed by atoms with van der Waals surface area (Å²) in [5, 5.41) is -0.163. The standard InChI is InChI=1S/C16H11BrFN3O2/c1-9(22)15(12-4-2-3-7-19-12)21-8-20-11-6-5-10(17)14(18)13(11)16(21)23/h2-8,15H,1H3. The van der Waals surface area contributed by atoms with Crippen LogP contribution in [-0.4, -0.2) is 20.3 Å². The molecule has 5 nitrogen and oxygen atoms in total. The van der Waals surface area contributed by atoms with Gasteiger partial charge in [0, 0.05) is 6.20 Å². The molecule has 0 aliphatic carbocycles. The lowest BCUT2D eigenvalue weighted by atomic mass is 10.1. The Balaban J connectivity index is 2.31. The summed E-state index contributed by atoms with van der Waals surface area (Å²) in [4.78, 5) is 33.0. The van der Waals surface area contributed by atoms with Gasteiger partial charge in [-0.25, -0.2) is 9.37 Å². The second kappa shape index (κ2) is 6.00. The molecule has 0 spiro atoms. The zero-order valence-corrected chi connectivity index (χ0v) is 13.6. The largest absolute Gasteiger partial charge is 0.297 e. The second-order valence-electron chi connectivity index (χ2n) is 4.98. The molecule has 3 rings (SSSR count). The number of benzene rings is 1. The number of hydrogen-bond acceptors (Lipinski definition) is 4. The molecule has 0 aliphatic rings. The van der Waals surface area contributed by atoms with E-state index in [0.29, 0.717) is 5.69 Å². The number of pyridine rings is 1. The molecule has 0 aliphatic heterocycles. The van der Waals surface area contributed by atoms with Crippen LogP contribution >= 0.6 is 15.9 Å². The molecular weight excluding hydrogens is 365 g/mol. The van der Waals surface area contributed by atoms with Gasteiger partial charge in [-0.05, 0) is 47.1 Å². The molecule has 7 heteroatoms. The fourth-order valence-electron chi connectivity index (χ4n) is 2.43. The van der Waals surface area contributed by atoms with Crippen molar-refractivity contribution in [3.8, 4) is 0 Å². The first-order valence-corrected chi connectivity index (χ1v) is 7.56. The molecule has 0 N–H and O–H groups in total. The maximum Gasteiger partial charge on any atom is 0.265 e. The Hall–Kier alpha value is -2.41. The molecule has 0 fully saturated rings. The fourth-order valence-corrected chi connectivity index (χ4v) is 2.76. The molecule has 0 bridgehead atoms. The number of rotatable bonds is 3. The molecule has 1 atom stereocenters. The number of fused-ring (bicyclic) bond motifs is 1. The molecule has 0 saturated carbocycles. The lowest BCUT2D eigenvalue weighted by Crippen LogP contribution is -2.31. The van der Waals surface area contributed by atoms with E-state index in [2.05, 4.69) is 25.9 Å². The van der Waals surface area contributed by atoms with Gasteiger partial charge in [-0.3, -0.25) is 19.1 Å². The highest BCUT2D eigenvalue weighted by atomic mass is 79.9. The van der Waals surface area contributed by atoms with E-state index in [1.54, 1.807) is 18.2 Å². The molecule has 0 saturated heterocycles. The fraction of sp³-hybridized carbons (Fsp3) is 0.125. The molecule has 2 heterocycles. The summed E-state index contributed by atoms with van der Waals surface area (Å²) in [6.07, 6.45) is 2.78. The Morgan fingerprint density at radius 3 is 2.70 bits per heavy atom. The van der Waals surface area contributed by atoms with Crippen LogP contribution in [0.5, 0.6) is 0 Å². The molecule has 1 unspecified atom stereocenters. The van der Waals surface area contributed by atoms with Crippen LogP contribution in [0.3, 0.4) is 0 Å². The van der Waals surface area contributed by atoms with Gasteiger partial charge in [-0.2, -0.15) is 0 Å². The average Bonchev–Trinajstić information content (AvgIpc) is 2.54. The van der Waals surface area contributed by atoms with Crippen molar-refractivity contribution in [3.63, 3.8) is 0 Å². The summed E-state index contributed by atoms with van der Waals surface area (Å²) in [6, 6.07) is 7.14. The zero-order valence-electron chi connectivity index (χ0n) is 12.0. The maximum absolute atomic E-state index is 14.3. The minimum Gasteiger partial charge on any atom is -0.297 e. The maximum atomic E-state index is 14.3. The second-order valence-corrected chi connectivity index (χ2v) is 5.83. The van der Waals surface area contributed by atoms with Crippen molar-refractivity contribution in [1.29, 1.82) is 0 Å². The van der Waals surface area contributed by atoms with E-state index >= 15 is 0 Å². The average molecular weight is 376 g/mol. The number of ketones is 1. The van der Waals surface area contributed by atoms with E-state index in [9.17, 15) is 14.0 Å². The monoisotopic (exact) mass is 375 g/mol. The highest BCUT2D eigenvalue weighted by Gasteiger charge is 2.23. The van der Waals surface area contributed by atoms with Gasteiger partial charge in [0.05, 0.1) is 22.0 Å². The Labute approximate surface area is 138 Å². The Bertz CT molecular complexity index is 957. The zero-order chi connectivity index (χ0) is 16.6. The number of carbonyl (C=O) groups excluding carboxylic acids is 1. The van der Waals surface area contributed by atoms with Crippen molar-refractivity contribution >= 4 is 32.6 Å². The predicted octanol–water partition coefficient (Wildman–Crippen LogP) is 2.87. The van der Waals surface area contributed by atoms with Crippen molar-refractivity contribution in [3.05, 3.63) is 69.2 Å². The summed E-state index contributed by atoms with van der Waals surface area (Å²) < 4.78 is 15.6. The first-order chi connectivity index (χ1) is 11.0. The van der Waals surface area contributed by atoms with E-state index in [4.69, 9.17) is 0 Å². The molecule has 0 amide bonds. The Morgan fingerprint density at radius 1 is 1.26 bits per heavy atom. The van der Waals surface area contributed by atoms with Gasteiger partial charge in [0.2, 0.25) is 0 Å². The van der Waals surface area contributed by atoms with Gasteiger partial charge in [0.25, 0.3) is 5.56 Å². The first kappa shape index (κ1) is 15.5. The Kier molecular flexibility index (Phi) is 4.04. The van der Waals surface area contributed by atoms with Crippen molar-refractivity contribution in [2.75, 3.05) is 0 Å². The summed E-state index contributed by atoms with van der Waals surface area (Å²) in [7, 11) is 0. The minimum absolute atomic E-state index is 0.163. The summed E-state index contributed by atoms with van der Waals surface area (Å²) >= 11 is 3.06. The number of nitrogens with zero attached hydrogens (tertiary/aromatic N) is 3. The number of hydrogen-bond donors (Lipinski definition) is 0. The predicted molar refractivity (Wildman–Crippen MR) is 86.7 cm³/mol. The number of carbonyl (C=O) groups is 1. The van der Waals surface area contributed by atoms with E-state index in [-0.39, 0.29) is 21.2 Å². The molecule has 116 valence electrons. The van der Waals surface area contributed by atoms with E-state index in [0.717, 1.165) is 4.57 Å². The van der Waals surface area contributed by atoms with Crippen molar-refractivity contribution in [2.45, 2.75) is 13.0 Å². The molecular formula is C16H11BrFN3O2. The van der Waals surface area contributed by atoms with Gasteiger partial charge >= 0.3 is 0 Å². The van der Waals surface area contributed by atoms with Crippen molar-refractivity contribution in [1.82, 2.24) is 14.5 Å². The lowest BCUT2D eigenvalue weighted by Gasteiger charge is -2.16. The van der Waals surface area contributed by atoms with Crippen LogP contribution in [0.15, 0.2) is 52.1 Å². The molecule has 23 heavy (non-hydrogen) atoms. The lowest BCUT2D eigenvalue weighted by molar-refractivity contribution is -0.119.